The maximum absolute atomic E-state index is 6.55. The van der Waals surface area contributed by atoms with Crippen molar-refractivity contribution in [1.29, 1.82) is 0 Å². The number of allylic oxidation sites excluding steroid dienone is 4. The molecule has 2 aliphatic rings. The summed E-state index contributed by atoms with van der Waals surface area (Å²) in [5.41, 5.74) is 12.8. The summed E-state index contributed by atoms with van der Waals surface area (Å²) in [4.78, 5) is 9.64. The number of fused-ring (bicyclic) bond motifs is 4. The van der Waals surface area contributed by atoms with Crippen molar-refractivity contribution in [3.05, 3.63) is 192 Å². The molecule has 1 unspecified atom stereocenters. The van der Waals surface area contributed by atoms with Crippen LogP contribution in [0.1, 0.15) is 24.5 Å². The maximum atomic E-state index is 6.55. The largest absolute Gasteiger partial charge is 0.452 e. The van der Waals surface area contributed by atoms with Gasteiger partial charge >= 0.3 is 0 Å². The first kappa shape index (κ1) is 31.5. The minimum absolute atomic E-state index is 0.414. The van der Waals surface area contributed by atoms with E-state index in [9.17, 15) is 0 Å². The Bertz CT molecular complexity index is 2600. The quantitative estimate of drug-likeness (QED) is 0.155. The molecule has 1 aliphatic heterocycles. The second-order valence-corrected chi connectivity index (χ2v) is 13.5. The van der Waals surface area contributed by atoms with Gasteiger partial charge in [-0.05, 0) is 94.9 Å². The Kier molecular flexibility index (Phi) is 8.05. The fourth-order valence-electron chi connectivity index (χ4n) is 7.49. The van der Waals surface area contributed by atoms with Gasteiger partial charge in [0.15, 0.2) is 5.76 Å². The molecule has 2 heterocycles. The van der Waals surface area contributed by atoms with Gasteiger partial charge in [-0.1, -0.05) is 128 Å². The number of benzene rings is 6. The van der Waals surface area contributed by atoms with Gasteiger partial charge in [0, 0.05) is 22.0 Å². The summed E-state index contributed by atoms with van der Waals surface area (Å²) in [7, 11) is 0. The van der Waals surface area contributed by atoms with Gasteiger partial charge < -0.3 is 9.30 Å². The van der Waals surface area contributed by atoms with Crippen molar-refractivity contribution in [2.24, 2.45) is 15.9 Å². The molecule has 0 amide bonds. The highest BCUT2D eigenvalue weighted by atomic mass is 16.5. The van der Waals surface area contributed by atoms with E-state index in [0.29, 0.717) is 18.2 Å². The number of nitrogens with zero attached hydrogens (tertiary/aromatic N) is 3. The van der Waals surface area contributed by atoms with Crippen molar-refractivity contribution >= 4 is 34.2 Å². The summed E-state index contributed by atoms with van der Waals surface area (Å²) in [5.74, 6) is 1.85. The third-order valence-corrected chi connectivity index (χ3v) is 10.1. The normalized spacial score (nSPS) is 16.9. The average molecular weight is 672 g/mol. The molecule has 0 saturated heterocycles. The standard InChI is InChI=1S/C48H37N3O/c1-32-12-11-15-38(28-32)46(49-2)48-47(50-31-33-13-5-3-6-14-33)42-30-37(25-27-45(42)52-48)35-22-20-34(21-23-35)36-24-26-44-41(29-36)40-18-9-10-19-43(40)51(44)39-16-7-4-8-17-39/h3-11,13-30,32H,2,12,31H2,1H3/b48-46+,50-47?. The van der Waals surface area contributed by atoms with Crippen LogP contribution < -0.4 is 4.74 Å². The molecule has 4 heteroatoms. The lowest BCUT2D eigenvalue weighted by Gasteiger charge is -2.14. The van der Waals surface area contributed by atoms with Crippen LogP contribution in [-0.2, 0) is 6.54 Å². The first-order valence-electron chi connectivity index (χ1n) is 17.8. The Labute approximate surface area is 304 Å². The molecule has 0 radical (unpaired) electrons. The van der Waals surface area contributed by atoms with Gasteiger partial charge in [-0.25, -0.2) is 0 Å². The van der Waals surface area contributed by atoms with Gasteiger partial charge in [0.2, 0.25) is 0 Å². The molecule has 0 bridgehead atoms. The predicted molar refractivity (Wildman–Crippen MR) is 217 cm³/mol. The fraction of sp³-hybridized carbons (Fsp3) is 0.0833. The smallest absolute Gasteiger partial charge is 0.179 e. The van der Waals surface area contributed by atoms with Crippen molar-refractivity contribution in [1.82, 2.24) is 4.57 Å². The van der Waals surface area contributed by atoms with E-state index in [1.54, 1.807) is 0 Å². The van der Waals surface area contributed by atoms with E-state index < -0.39 is 0 Å². The number of rotatable bonds is 7. The minimum atomic E-state index is 0.414. The summed E-state index contributed by atoms with van der Waals surface area (Å²) in [6.45, 7) is 6.69. The number of aromatic nitrogens is 1. The number of hydrogen-bond acceptors (Lipinski definition) is 3. The Morgan fingerprint density at radius 3 is 2.12 bits per heavy atom. The van der Waals surface area contributed by atoms with E-state index in [1.807, 2.05) is 18.2 Å². The molecule has 1 atom stereocenters. The molecule has 4 nitrogen and oxygen atoms in total. The highest BCUT2D eigenvalue weighted by Gasteiger charge is 2.30. The maximum Gasteiger partial charge on any atom is 0.179 e. The van der Waals surface area contributed by atoms with Gasteiger partial charge in [0.25, 0.3) is 0 Å². The van der Waals surface area contributed by atoms with Crippen molar-refractivity contribution in [3.63, 3.8) is 0 Å². The lowest BCUT2D eigenvalue weighted by Crippen LogP contribution is -2.08. The average Bonchev–Trinajstić information content (AvgIpc) is 3.73. The molecule has 1 aliphatic carbocycles. The Hall–Kier alpha value is -6.52. The summed E-state index contributed by atoms with van der Waals surface area (Å²) in [6.07, 6.45) is 7.56. The van der Waals surface area contributed by atoms with E-state index in [2.05, 4.69) is 169 Å². The summed E-state index contributed by atoms with van der Waals surface area (Å²) in [6, 6.07) is 51.6. The SMILES string of the molecule is C=N/C(C1=CC(C)CC=C1)=C1/Oc2ccc(-c3ccc(-c4ccc5c(c4)c4ccccc4n5-c4ccccc4)cc3)cc2C1=NCc1ccccc1. The molecule has 1 aromatic heterocycles. The summed E-state index contributed by atoms with van der Waals surface area (Å²) >= 11 is 0. The molecular formula is C48H37N3O. The van der Waals surface area contributed by atoms with Crippen molar-refractivity contribution < 1.29 is 4.74 Å². The lowest BCUT2D eigenvalue weighted by molar-refractivity contribution is 0.463. The zero-order chi connectivity index (χ0) is 35.0. The molecule has 9 rings (SSSR count). The van der Waals surface area contributed by atoms with Crippen molar-refractivity contribution in [2.75, 3.05) is 0 Å². The van der Waals surface area contributed by atoms with E-state index in [4.69, 9.17) is 9.73 Å². The number of hydrogen-bond donors (Lipinski definition) is 0. The molecule has 0 N–H and O–H groups in total. The monoisotopic (exact) mass is 671 g/mol. The van der Waals surface area contributed by atoms with Crippen LogP contribution in [0.2, 0.25) is 0 Å². The van der Waals surface area contributed by atoms with Gasteiger partial charge in [-0.3, -0.25) is 9.98 Å². The molecule has 0 saturated carbocycles. The van der Waals surface area contributed by atoms with Gasteiger partial charge in [0.05, 0.1) is 17.6 Å². The molecular weight excluding hydrogens is 635 g/mol. The third-order valence-electron chi connectivity index (χ3n) is 10.1. The molecule has 7 aromatic rings. The minimum Gasteiger partial charge on any atom is -0.452 e. The second kappa shape index (κ2) is 13.3. The van der Waals surface area contributed by atoms with E-state index >= 15 is 0 Å². The van der Waals surface area contributed by atoms with Crippen molar-refractivity contribution in [3.8, 4) is 33.7 Å². The zero-order valence-electron chi connectivity index (χ0n) is 29.0. The number of aliphatic imine (C=N–C) groups is 2. The first-order valence-corrected chi connectivity index (χ1v) is 17.8. The Balaban J connectivity index is 1.08. The zero-order valence-corrected chi connectivity index (χ0v) is 29.0. The van der Waals surface area contributed by atoms with Crippen LogP contribution in [0.25, 0.3) is 49.7 Å². The van der Waals surface area contributed by atoms with Crippen LogP contribution in [0.5, 0.6) is 5.75 Å². The van der Waals surface area contributed by atoms with Crippen LogP contribution in [-0.4, -0.2) is 17.0 Å². The van der Waals surface area contributed by atoms with Gasteiger partial charge in [-0.15, -0.1) is 0 Å². The van der Waals surface area contributed by atoms with Crippen LogP contribution in [0.3, 0.4) is 0 Å². The lowest BCUT2D eigenvalue weighted by atomic mass is 9.94. The van der Waals surface area contributed by atoms with Crippen LogP contribution in [0.4, 0.5) is 0 Å². The molecule has 0 fully saturated rings. The predicted octanol–water partition coefficient (Wildman–Crippen LogP) is 11.9. The molecule has 0 spiro atoms. The third kappa shape index (κ3) is 5.69. The van der Waals surface area contributed by atoms with Crippen LogP contribution in [0.15, 0.2) is 191 Å². The highest BCUT2D eigenvalue weighted by Crippen LogP contribution is 2.40. The van der Waals surface area contributed by atoms with E-state index in [-0.39, 0.29) is 0 Å². The summed E-state index contributed by atoms with van der Waals surface area (Å²) in [5, 5.41) is 2.49. The Morgan fingerprint density at radius 1 is 0.712 bits per heavy atom. The van der Waals surface area contributed by atoms with Gasteiger partial charge in [0.1, 0.15) is 17.2 Å². The highest BCUT2D eigenvalue weighted by molar-refractivity contribution is 6.17. The summed E-state index contributed by atoms with van der Waals surface area (Å²) < 4.78 is 8.90. The molecule has 6 aromatic carbocycles. The topological polar surface area (TPSA) is 38.9 Å². The number of ether oxygens (including phenoxy) is 1. The number of para-hydroxylation sites is 2. The van der Waals surface area contributed by atoms with E-state index in [0.717, 1.165) is 57.1 Å². The fourth-order valence-corrected chi connectivity index (χ4v) is 7.49. The van der Waals surface area contributed by atoms with Crippen molar-refractivity contribution in [2.45, 2.75) is 19.9 Å². The van der Waals surface area contributed by atoms with Gasteiger partial charge in [-0.2, -0.15) is 0 Å². The molecule has 52 heavy (non-hydrogen) atoms. The van der Waals surface area contributed by atoms with E-state index in [1.165, 1.54) is 32.9 Å². The first-order chi connectivity index (χ1) is 25.6. The second-order valence-electron chi connectivity index (χ2n) is 13.5. The molecule has 250 valence electrons. The Morgan fingerprint density at radius 2 is 1.37 bits per heavy atom. The van der Waals surface area contributed by atoms with Crippen LogP contribution in [0, 0.1) is 5.92 Å². The van der Waals surface area contributed by atoms with Crippen LogP contribution >= 0.6 is 0 Å².